The molecule has 0 bridgehead atoms. The number of aromatic amines is 1. The van der Waals surface area contributed by atoms with Gasteiger partial charge >= 0.3 is 0 Å². The number of nitrogens with zero attached hydrogens (tertiary/aromatic N) is 3. The Labute approximate surface area is 73.2 Å². The Hall–Kier alpha value is -2.04. The van der Waals surface area contributed by atoms with Gasteiger partial charge in [0.1, 0.15) is 0 Å². The van der Waals surface area contributed by atoms with E-state index in [0.717, 1.165) is 16.7 Å². The van der Waals surface area contributed by atoms with Crippen molar-refractivity contribution in [1.29, 1.82) is 0 Å². The normalized spacial score (nSPS) is 11.4. The number of nitrogens with two attached hydrogens (primary N) is 1. The summed E-state index contributed by atoms with van der Waals surface area (Å²) in [6, 6.07) is 1.92. The highest BCUT2D eigenvalue weighted by Crippen LogP contribution is 2.15. The van der Waals surface area contributed by atoms with Crippen LogP contribution < -0.4 is 5.73 Å². The molecule has 3 N–H and O–H groups in total. The highest BCUT2D eigenvalue weighted by molar-refractivity contribution is 5.76. The van der Waals surface area contributed by atoms with Crippen LogP contribution in [0.15, 0.2) is 24.7 Å². The summed E-state index contributed by atoms with van der Waals surface area (Å²) in [6.07, 6.45) is 5.27. The van der Waals surface area contributed by atoms with Gasteiger partial charge in [0.15, 0.2) is 5.65 Å². The van der Waals surface area contributed by atoms with Crippen molar-refractivity contribution in [2.75, 3.05) is 5.73 Å². The summed E-state index contributed by atoms with van der Waals surface area (Å²) in [4.78, 5) is 11.2. The van der Waals surface area contributed by atoms with Crippen molar-refractivity contribution in [3.63, 3.8) is 0 Å². The van der Waals surface area contributed by atoms with Gasteiger partial charge in [-0.1, -0.05) is 0 Å². The van der Waals surface area contributed by atoms with Crippen LogP contribution >= 0.6 is 0 Å². The van der Waals surface area contributed by atoms with Gasteiger partial charge in [0.25, 0.3) is 0 Å². The first-order valence-electron chi connectivity index (χ1n) is 3.91. The van der Waals surface area contributed by atoms with Crippen LogP contribution in [0, 0.1) is 0 Å². The minimum absolute atomic E-state index is 0.488. The largest absolute Gasteiger partial charge is 0.369 e. The fourth-order valence-corrected chi connectivity index (χ4v) is 1.50. The first kappa shape index (κ1) is 6.47. The van der Waals surface area contributed by atoms with E-state index < -0.39 is 0 Å². The maximum Gasteiger partial charge on any atom is 0.205 e. The molecule has 0 saturated carbocycles. The number of imidazole rings is 1. The summed E-state index contributed by atoms with van der Waals surface area (Å²) in [5.74, 6) is 0.488. The Morgan fingerprint density at radius 2 is 2.15 bits per heavy atom. The molecule has 0 fully saturated rings. The molecule has 3 aromatic heterocycles. The zero-order valence-corrected chi connectivity index (χ0v) is 6.73. The predicted octanol–water partition coefficient (Wildman–Crippen LogP) is 0.793. The third-order valence-corrected chi connectivity index (χ3v) is 2.09. The molecule has 0 aliphatic carbocycles. The molecule has 13 heavy (non-hydrogen) atoms. The third-order valence-electron chi connectivity index (χ3n) is 2.09. The lowest BCUT2D eigenvalue weighted by atomic mass is 10.5. The molecule has 0 atom stereocenters. The summed E-state index contributed by atoms with van der Waals surface area (Å²) < 4.78 is 1.86. The van der Waals surface area contributed by atoms with Crippen LogP contribution in [0.3, 0.4) is 0 Å². The minimum Gasteiger partial charge on any atom is -0.369 e. The van der Waals surface area contributed by atoms with E-state index in [0.29, 0.717) is 5.95 Å². The van der Waals surface area contributed by atoms with E-state index in [4.69, 9.17) is 5.73 Å². The summed E-state index contributed by atoms with van der Waals surface area (Å²) in [6.45, 7) is 0. The SMILES string of the molecule is Nc1ncc2cnc3[nH]ccc3n12. The molecular weight excluding hydrogens is 166 g/mol. The van der Waals surface area contributed by atoms with Crippen LogP contribution in [0.4, 0.5) is 5.95 Å². The van der Waals surface area contributed by atoms with Crippen LogP contribution in [0.1, 0.15) is 0 Å². The molecule has 0 unspecified atom stereocenters. The van der Waals surface area contributed by atoms with Gasteiger partial charge in [-0.15, -0.1) is 0 Å². The van der Waals surface area contributed by atoms with E-state index in [-0.39, 0.29) is 0 Å². The van der Waals surface area contributed by atoms with Crippen molar-refractivity contribution >= 4 is 22.6 Å². The number of aromatic nitrogens is 4. The number of rotatable bonds is 0. The van der Waals surface area contributed by atoms with Crippen molar-refractivity contribution in [3.05, 3.63) is 24.7 Å². The van der Waals surface area contributed by atoms with E-state index in [9.17, 15) is 0 Å². The maximum atomic E-state index is 5.71. The number of nitrogens with one attached hydrogen (secondary N) is 1. The molecule has 5 nitrogen and oxygen atoms in total. The average Bonchev–Trinajstić information content (AvgIpc) is 2.70. The molecule has 0 aromatic carbocycles. The van der Waals surface area contributed by atoms with Gasteiger partial charge in [-0.05, 0) is 6.07 Å². The van der Waals surface area contributed by atoms with E-state index in [1.54, 1.807) is 12.4 Å². The molecule has 5 heteroatoms. The zero-order valence-electron chi connectivity index (χ0n) is 6.73. The number of nitrogen functional groups attached to an aromatic ring is 1. The second kappa shape index (κ2) is 2.01. The van der Waals surface area contributed by atoms with E-state index in [1.807, 2.05) is 16.7 Å². The number of anilines is 1. The lowest BCUT2D eigenvalue weighted by Crippen LogP contribution is -1.95. The van der Waals surface area contributed by atoms with Gasteiger partial charge in [0.05, 0.1) is 23.4 Å². The second-order valence-corrected chi connectivity index (χ2v) is 2.85. The van der Waals surface area contributed by atoms with Crippen molar-refractivity contribution in [2.24, 2.45) is 0 Å². The van der Waals surface area contributed by atoms with Crippen molar-refractivity contribution < 1.29 is 0 Å². The number of hydrogen-bond acceptors (Lipinski definition) is 3. The van der Waals surface area contributed by atoms with Crippen LogP contribution in [0.25, 0.3) is 16.7 Å². The molecule has 0 amide bonds. The van der Waals surface area contributed by atoms with Crippen LogP contribution in [-0.2, 0) is 0 Å². The Morgan fingerprint density at radius 1 is 1.31 bits per heavy atom. The Balaban J connectivity index is 2.70. The van der Waals surface area contributed by atoms with Gasteiger partial charge in [-0.2, -0.15) is 0 Å². The summed E-state index contributed by atoms with van der Waals surface area (Å²) in [5, 5.41) is 0. The molecule has 0 aliphatic rings. The predicted molar refractivity (Wildman–Crippen MR) is 49.3 cm³/mol. The number of fused-ring (bicyclic) bond motifs is 3. The Bertz CT molecular complexity index is 576. The fourth-order valence-electron chi connectivity index (χ4n) is 1.50. The summed E-state index contributed by atoms with van der Waals surface area (Å²) >= 11 is 0. The quantitative estimate of drug-likeness (QED) is 0.528. The lowest BCUT2D eigenvalue weighted by Gasteiger charge is -1.96. The van der Waals surface area contributed by atoms with E-state index in [1.165, 1.54) is 0 Å². The van der Waals surface area contributed by atoms with Crippen LogP contribution in [0.2, 0.25) is 0 Å². The lowest BCUT2D eigenvalue weighted by molar-refractivity contribution is 1.20. The van der Waals surface area contributed by atoms with Crippen molar-refractivity contribution in [2.45, 2.75) is 0 Å². The van der Waals surface area contributed by atoms with Crippen molar-refractivity contribution in [1.82, 2.24) is 19.4 Å². The van der Waals surface area contributed by atoms with Gasteiger partial charge in [-0.3, -0.25) is 4.40 Å². The van der Waals surface area contributed by atoms with Crippen LogP contribution in [-0.4, -0.2) is 19.4 Å². The molecule has 0 saturated heterocycles. The third kappa shape index (κ3) is 0.703. The first-order valence-corrected chi connectivity index (χ1v) is 3.91. The molecule has 0 spiro atoms. The van der Waals surface area contributed by atoms with Crippen LogP contribution in [0.5, 0.6) is 0 Å². The fraction of sp³-hybridized carbons (Fsp3) is 0. The van der Waals surface area contributed by atoms with E-state index in [2.05, 4.69) is 15.0 Å². The molecule has 3 rings (SSSR count). The highest BCUT2D eigenvalue weighted by Gasteiger charge is 2.04. The molecule has 0 radical (unpaired) electrons. The Kier molecular flexibility index (Phi) is 0.999. The highest BCUT2D eigenvalue weighted by atomic mass is 15.1. The molecule has 3 aromatic rings. The smallest absolute Gasteiger partial charge is 0.205 e. The summed E-state index contributed by atoms with van der Waals surface area (Å²) in [7, 11) is 0. The topological polar surface area (TPSA) is 72.0 Å². The van der Waals surface area contributed by atoms with Crippen molar-refractivity contribution in [3.8, 4) is 0 Å². The Morgan fingerprint density at radius 3 is 3.08 bits per heavy atom. The molecule has 64 valence electrons. The van der Waals surface area contributed by atoms with Gasteiger partial charge < -0.3 is 10.7 Å². The van der Waals surface area contributed by atoms with E-state index >= 15 is 0 Å². The zero-order chi connectivity index (χ0) is 8.84. The number of H-pyrrole nitrogens is 1. The molecule has 3 heterocycles. The molecular formula is C8H7N5. The standard InChI is InChI=1S/C8H7N5/c9-8-12-4-5-3-11-7-6(13(5)8)1-2-10-7/h1-4,10H,(H2,9,12). The van der Waals surface area contributed by atoms with Gasteiger partial charge in [-0.25, -0.2) is 9.97 Å². The second-order valence-electron chi connectivity index (χ2n) is 2.85. The van der Waals surface area contributed by atoms with Gasteiger partial charge in [0.2, 0.25) is 5.95 Å². The molecule has 0 aliphatic heterocycles. The average molecular weight is 173 g/mol. The summed E-state index contributed by atoms with van der Waals surface area (Å²) in [5.41, 5.74) is 8.39. The minimum atomic E-state index is 0.488. The monoisotopic (exact) mass is 173 g/mol. The maximum absolute atomic E-state index is 5.71. The number of hydrogen-bond donors (Lipinski definition) is 2. The first-order chi connectivity index (χ1) is 6.36. The van der Waals surface area contributed by atoms with Gasteiger partial charge in [0, 0.05) is 6.20 Å².